The van der Waals surface area contributed by atoms with Crippen LogP contribution in [-0.2, 0) is 11.2 Å². The van der Waals surface area contributed by atoms with E-state index in [1.807, 2.05) is 31.4 Å². The molecule has 0 saturated carbocycles. The first-order valence-corrected chi connectivity index (χ1v) is 10.4. The van der Waals surface area contributed by atoms with Crippen LogP contribution < -0.4 is 5.32 Å². The molecule has 0 spiro atoms. The molecule has 0 aliphatic carbocycles. The number of aryl methyl sites for hydroxylation is 3. The minimum Gasteiger partial charge on any atom is -0.459 e. The molecule has 3 aromatic heterocycles. The lowest BCUT2D eigenvalue weighted by molar-refractivity contribution is -0.122. The highest BCUT2D eigenvalue weighted by Crippen LogP contribution is 2.18. The first kappa shape index (κ1) is 20.1. The van der Waals surface area contributed by atoms with E-state index in [0.717, 1.165) is 41.1 Å². The van der Waals surface area contributed by atoms with Crippen LogP contribution in [0.2, 0.25) is 0 Å². The fourth-order valence-corrected chi connectivity index (χ4v) is 4.12. The number of piperidine rings is 1. The second-order valence-electron chi connectivity index (χ2n) is 7.93. The van der Waals surface area contributed by atoms with Crippen molar-refractivity contribution in [2.24, 2.45) is 0 Å². The molecular formula is C22H27N5O3. The highest BCUT2D eigenvalue weighted by Gasteiger charge is 2.25. The van der Waals surface area contributed by atoms with Crippen LogP contribution in [0.1, 0.15) is 52.5 Å². The third-order valence-corrected chi connectivity index (χ3v) is 5.77. The normalized spacial score (nSPS) is 15.0. The van der Waals surface area contributed by atoms with Crippen molar-refractivity contribution in [3.63, 3.8) is 0 Å². The van der Waals surface area contributed by atoms with Crippen LogP contribution in [0.25, 0.3) is 5.65 Å². The quantitative estimate of drug-likeness (QED) is 0.699. The molecule has 8 nitrogen and oxygen atoms in total. The zero-order chi connectivity index (χ0) is 21.3. The van der Waals surface area contributed by atoms with Gasteiger partial charge in [0.15, 0.2) is 11.4 Å². The summed E-state index contributed by atoms with van der Waals surface area (Å²) in [6.45, 7) is 7.18. The SMILES string of the molecule is Cc1cc2nc(C)c(CCC(=O)NC3CCN(C(=O)c4ccco4)CC3)c(C)n2n1. The predicted molar refractivity (Wildman–Crippen MR) is 111 cm³/mol. The molecular weight excluding hydrogens is 382 g/mol. The van der Waals surface area contributed by atoms with E-state index in [0.29, 0.717) is 31.7 Å². The van der Waals surface area contributed by atoms with E-state index in [9.17, 15) is 9.59 Å². The van der Waals surface area contributed by atoms with E-state index in [1.165, 1.54) is 6.26 Å². The van der Waals surface area contributed by atoms with Crippen LogP contribution in [0.15, 0.2) is 28.9 Å². The van der Waals surface area contributed by atoms with E-state index in [-0.39, 0.29) is 17.9 Å². The second-order valence-corrected chi connectivity index (χ2v) is 7.93. The number of hydrogen-bond donors (Lipinski definition) is 1. The molecule has 1 N–H and O–H groups in total. The van der Waals surface area contributed by atoms with E-state index in [2.05, 4.69) is 15.4 Å². The minimum absolute atomic E-state index is 0.0290. The van der Waals surface area contributed by atoms with Crippen molar-refractivity contribution in [1.29, 1.82) is 0 Å². The average molecular weight is 409 g/mol. The molecule has 0 atom stereocenters. The van der Waals surface area contributed by atoms with Crippen molar-refractivity contribution < 1.29 is 14.0 Å². The van der Waals surface area contributed by atoms with Gasteiger partial charge in [0.2, 0.25) is 5.91 Å². The Bertz CT molecular complexity index is 1060. The number of carbonyl (C=O) groups is 2. The van der Waals surface area contributed by atoms with Gasteiger partial charge < -0.3 is 14.6 Å². The van der Waals surface area contributed by atoms with Crippen molar-refractivity contribution in [3.05, 3.63) is 52.9 Å². The molecule has 4 rings (SSSR count). The summed E-state index contributed by atoms with van der Waals surface area (Å²) in [5, 5.41) is 7.61. The first-order valence-electron chi connectivity index (χ1n) is 10.4. The van der Waals surface area contributed by atoms with Gasteiger partial charge in [0.25, 0.3) is 5.91 Å². The highest BCUT2D eigenvalue weighted by molar-refractivity contribution is 5.91. The van der Waals surface area contributed by atoms with Gasteiger partial charge in [-0.25, -0.2) is 9.50 Å². The Hall–Kier alpha value is -3.16. The molecule has 0 aromatic carbocycles. The largest absolute Gasteiger partial charge is 0.459 e. The smallest absolute Gasteiger partial charge is 0.289 e. The van der Waals surface area contributed by atoms with Crippen molar-refractivity contribution in [2.75, 3.05) is 13.1 Å². The lowest BCUT2D eigenvalue weighted by Crippen LogP contribution is -2.46. The Balaban J connectivity index is 1.30. The second kappa shape index (κ2) is 8.30. The lowest BCUT2D eigenvalue weighted by Gasteiger charge is -2.31. The average Bonchev–Trinajstić information content (AvgIpc) is 3.37. The maximum absolute atomic E-state index is 12.5. The summed E-state index contributed by atoms with van der Waals surface area (Å²) in [5.74, 6) is 0.301. The molecule has 1 saturated heterocycles. The highest BCUT2D eigenvalue weighted by atomic mass is 16.3. The standard InChI is InChI=1S/C22H27N5O3/c1-14-13-20-23-15(2)18(16(3)27(20)25-14)6-7-21(28)24-17-8-10-26(11-9-17)22(29)19-5-4-12-30-19/h4-5,12-13,17H,6-11H2,1-3H3,(H,24,28). The molecule has 1 aliphatic rings. The zero-order valence-electron chi connectivity index (χ0n) is 17.6. The Kier molecular flexibility index (Phi) is 5.57. The summed E-state index contributed by atoms with van der Waals surface area (Å²) in [7, 11) is 0. The number of likely N-dealkylation sites (tertiary alicyclic amines) is 1. The summed E-state index contributed by atoms with van der Waals surface area (Å²) in [5.41, 5.74) is 4.81. The topological polar surface area (TPSA) is 92.7 Å². The molecule has 0 radical (unpaired) electrons. The number of fused-ring (bicyclic) bond motifs is 1. The zero-order valence-corrected chi connectivity index (χ0v) is 17.6. The third kappa shape index (κ3) is 4.08. The van der Waals surface area contributed by atoms with Gasteiger partial charge in [0.1, 0.15) is 0 Å². The van der Waals surface area contributed by atoms with E-state index >= 15 is 0 Å². The monoisotopic (exact) mass is 409 g/mol. The Labute approximate surface area is 175 Å². The summed E-state index contributed by atoms with van der Waals surface area (Å²) < 4.78 is 7.04. The van der Waals surface area contributed by atoms with Crippen molar-refractivity contribution in [2.45, 2.75) is 52.5 Å². The van der Waals surface area contributed by atoms with Gasteiger partial charge in [-0.3, -0.25) is 9.59 Å². The van der Waals surface area contributed by atoms with Gasteiger partial charge in [-0.1, -0.05) is 0 Å². The number of nitrogens with one attached hydrogen (secondary N) is 1. The van der Waals surface area contributed by atoms with Crippen LogP contribution in [0.5, 0.6) is 0 Å². The number of carbonyl (C=O) groups excluding carboxylic acids is 2. The van der Waals surface area contributed by atoms with Crippen LogP contribution in [0.3, 0.4) is 0 Å². The molecule has 0 bridgehead atoms. The summed E-state index contributed by atoms with van der Waals surface area (Å²) in [6.07, 6.45) is 4.03. The molecule has 0 unspecified atom stereocenters. The Morgan fingerprint density at radius 3 is 2.70 bits per heavy atom. The molecule has 158 valence electrons. The molecule has 30 heavy (non-hydrogen) atoms. The van der Waals surface area contributed by atoms with Gasteiger partial charge in [0.05, 0.1) is 12.0 Å². The summed E-state index contributed by atoms with van der Waals surface area (Å²) >= 11 is 0. The van der Waals surface area contributed by atoms with Gasteiger partial charge in [0, 0.05) is 43.0 Å². The maximum Gasteiger partial charge on any atom is 0.289 e. The number of furan rings is 1. The third-order valence-electron chi connectivity index (χ3n) is 5.77. The van der Waals surface area contributed by atoms with Crippen LogP contribution in [-0.4, -0.2) is 50.4 Å². The molecule has 4 heterocycles. The number of rotatable bonds is 5. The van der Waals surface area contributed by atoms with Crippen molar-refractivity contribution in [1.82, 2.24) is 24.8 Å². The summed E-state index contributed by atoms with van der Waals surface area (Å²) in [6, 6.07) is 5.44. The number of amides is 2. The van der Waals surface area contributed by atoms with Crippen LogP contribution in [0.4, 0.5) is 0 Å². The molecule has 1 fully saturated rings. The minimum atomic E-state index is -0.0903. The van der Waals surface area contributed by atoms with Crippen LogP contribution >= 0.6 is 0 Å². The van der Waals surface area contributed by atoms with E-state index in [4.69, 9.17) is 4.42 Å². The van der Waals surface area contributed by atoms with Gasteiger partial charge >= 0.3 is 0 Å². The van der Waals surface area contributed by atoms with E-state index in [1.54, 1.807) is 17.0 Å². The number of aromatic nitrogens is 3. The Morgan fingerprint density at radius 1 is 1.23 bits per heavy atom. The summed E-state index contributed by atoms with van der Waals surface area (Å²) in [4.78, 5) is 31.3. The van der Waals surface area contributed by atoms with E-state index < -0.39 is 0 Å². The lowest BCUT2D eigenvalue weighted by atomic mass is 10.0. The van der Waals surface area contributed by atoms with Gasteiger partial charge in [-0.05, 0) is 57.7 Å². The maximum atomic E-state index is 12.5. The van der Waals surface area contributed by atoms with Gasteiger partial charge in [-0.15, -0.1) is 0 Å². The number of hydrogen-bond acceptors (Lipinski definition) is 5. The van der Waals surface area contributed by atoms with Crippen molar-refractivity contribution in [3.8, 4) is 0 Å². The fourth-order valence-electron chi connectivity index (χ4n) is 4.12. The Morgan fingerprint density at radius 2 is 2.00 bits per heavy atom. The molecule has 8 heteroatoms. The van der Waals surface area contributed by atoms with Crippen LogP contribution in [0, 0.1) is 20.8 Å². The molecule has 2 amide bonds. The predicted octanol–water partition coefficient (Wildman–Crippen LogP) is 2.60. The molecule has 3 aromatic rings. The van der Waals surface area contributed by atoms with Crippen molar-refractivity contribution >= 4 is 17.5 Å². The van der Waals surface area contributed by atoms with Gasteiger partial charge in [-0.2, -0.15) is 5.10 Å². The first-order chi connectivity index (χ1) is 14.4. The fraction of sp³-hybridized carbons (Fsp3) is 0.455. The number of nitrogens with zero attached hydrogens (tertiary/aromatic N) is 4. The molecule has 1 aliphatic heterocycles.